The molecule has 0 radical (unpaired) electrons. The molecule has 0 amide bonds. The molecular formula is C11H17N3O2. The normalized spacial score (nSPS) is 33.6. The van der Waals surface area contributed by atoms with Gasteiger partial charge in [-0.15, -0.1) is 0 Å². The molecule has 3 fully saturated rings. The van der Waals surface area contributed by atoms with Crippen LogP contribution in [0.1, 0.15) is 32.6 Å². The van der Waals surface area contributed by atoms with Gasteiger partial charge in [0.15, 0.2) is 0 Å². The molecule has 2 N–H and O–H groups in total. The first kappa shape index (κ1) is 11.1. The molecule has 0 aromatic rings. The highest BCUT2D eigenvalue weighted by Gasteiger charge is 2.39. The fraction of sp³-hybridized carbons (Fsp3) is 0.727. The van der Waals surface area contributed by atoms with E-state index in [1.807, 2.05) is 0 Å². The number of amidine groups is 1. The van der Waals surface area contributed by atoms with Crippen molar-refractivity contribution < 1.29 is 9.90 Å². The number of hydrogen-bond donors (Lipinski definition) is 2. The first-order valence-electron chi connectivity index (χ1n) is 5.76. The maximum absolute atomic E-state index is 10.8. The molecule has 3 saturated carbocycles. The number of carboxylic acid groups (broad SMARTS) is 1. The summed E-state index contributed by atoms with van der Waals surface area (Å²) in [4.78, 5) is 14.5. The Morgan fingerprint density at radius 2 is 2.19 bits per heavy atom. The summed E-state index contributed by atoms with van der Waals surface area (Å²) in [7, 11) is 0. The second-order valence-electron chi connectivity index (χ2n) is 4.54. The predicted molar refractivity (Wildman–Crippen MR) is 61.6 cm³/mol. The molecule has 0 aromatic heterocycles. The number of hydrogen-bond acceptors (Lipinski definition) is 3. The van der Waals surface area contributed by atoms with Crippen LogP contribution in [-0.2, 0) is 4.79 Å². The topological polar surface area (TPSA) is 74.0 Å². The number of carboxylic acids is 1. The van der Waals surface area contributed by atoms with Crippen LogP contribution in [0.4, 0.5) is 0 Å². The van der Waals surface area contributed by atoms with E-state index in [1.54, 1.807) is 6.92 Å². The first-order valence-corrected chi connectivity index (χ1v) is 5.76. The molecule has 0 aromatic carbocycles. The Hall–Kier alpha value is -1.39. The molecule has 3 aliphatic carbocycles. The van der Waals surface area contributed by atoms with Crippen LogP contribution < -0.4 is 5.43 Å². The van der Waals surface area contributed by atoms with Gasteiger partial charge in [-0.3, -0.25) is 0 Å². The van der Waals surface area contributed by atoms with Crippen LogP contribution in [0.2, 0.25) is 0 Å². The average molecular weight is 223 g/mol. The van der Waals surface area contributed by atoms with Gasteiger partial charge in [0.25, 0.3) is 5.84 Å². The maximum atomic E-state index is 10.8. The summed E-state index contributed by atoms with van der Waals surface area (Å²) in [5, 5.41) is 12.7. The van der Waals surface area contributed by atoms with E-state index in [2.05, 4.69) is 15.5 Å². The van der Waals surface area contributed by atoms with E-state index in [4.69, 9.17) is 5.11 Å². The highest BCUT2D eigenvalue weighted by molar-refractivity contribution is 6.35. The lowest BCUT2D eigenvalue weighted by Gasteiger charge is -2.46. The lowest BCUT2D eigenvalue weighted by molar-refractivity contribution is -0.129. The standard InChI is InChI=1S/C11H17N3O2/c1-2-12-10(11(15)16)14-13-9-4-3-7-5-8(9)6-7/h2,7-9,13H,3-6H2,1H3,(H,15,16)/b12-2-,14-10-/t7?,8?,9-/m0/s1. The Balaban J connectivity index is 1.92. The summed E-state index contributed by atoms with van der Waals surface area (Å²) in [5.74, 6) is 0.347. The fourth-order valence-electron chi connectivity index (χ4n) is 2.57. The zero-order valence-electron chi connectivity index (χ0n) is 9.39. The number of fused-ring (bicyclic) bond motifs is 2. The zero-order valence-corrected chi connectivity index (χ0v) is 9.39. The van der Waals surface area contributed by atoms with Crippen LogP contribution in [-0.4, -0.2) is 29.2 Å². The number of aliphatic imine (C=N–C) groups is 1. The van der Waals surface area contributed by atoms with E-state index < -0.39 is 5.97 Å². The molecule has 0 heterocycles. The smallest absolute Gasteiger partial charge is 0.375 e. The second-order valence-corrected chi connectivity index (χ2v) is 4.54. The van der Waals surface area contributed by atoms with Crippen molar-refractivity contribution in [3.63, 3.8) is 0 Å². The summed E-state index contributed by atoms with van der Waals surface area (Å²) in [6.45, 7) is 1.68. The molecule has 5 nitrogen and oxygen atoms in total. The molecule has 1 atom stereocenters. The number of carbonyl (C=O) groups is 1. The molecule has 0 aliphatic heterocycles. The number of rotatable bonds is 2. The summed E-state index contributed by atoms with van der Waals surface area (Å²) < 4.78 is 0. The lowest BCUT2D eigenvalue weighted by atomic mass is 9.63. The lowest BCUT2D eigenvalue weighted by Crippen LogP contribution is -2.46. The SMILES string of the molecule is C/C=N\C(=N/N[C@H]1CCC2CC1C2)C(=O)O. The summed E-state index contributed by atoms with van der Waals surface area (Å²) in [6.07, 6.45) is 6.32. The molecule has 3 rings (SSSR count). The van der Waals surface area contributed by atoms with Crippen molar-refractivity contribution in [2.24, 2.45) is 21.9 Å². The summed E-state index contributed by atoms with van der Waals surface area (Å²) in [6, 6.07) is 0.339. The van der Waals surface area contributed by atoms with Crippen molar-refractivity contribution in [2.45, 2.75) is 38.6 Å². The van der Waals surface area contributed by atoms with Crippen molar-refractivity contribution in [3.8, 4) is 0 Å². The largest absolute Gasteiger partial charge is 0.475 e. The molecule has 88 valence electrons. The van der Waals surface area contributed by atoms with Gasteiger partial charge < -0.3 is 10.5 Å². The summed E-state index contributed by atoms with van der Waals surface area (Å²) in [5.41, 5.74) is 2.97. The quantitative estimate of drug-likeness (QED) is 0.420. The van der Waals surface area contributed by atoms with Gasteiger partial charge in [0, 0.05) is 12.3 Å². The minimum Gasteiger partial charge on any atom is -0.475 e. The van der Waals surface area contributed by atoms with Crippen molar-refractivity contribution in [1.29, 1.82) is 0 Å². The van der Waals surface area contributed by atoms with Crippen LogP contribution in [0, 0.1) is 11.8 Å². The van der Waals surface area contributed by atoms with Crippen molar-refractivity contribution in [1.82, 2.24) is 5.43 Å². The van der Waals surface area contributed by atoms with E-state index in [0.29, 0.717) is 12.0 Å². The highest BCUT2D eigenvalue weighted by Crippen LogP contribution is 2.45. The Bertz CT molecular complexity index is 329. The van der Waals surface area contributed by atoms with Gasteiger partial charge >= 0.3 is 5.97 Å². The molecule has 5 heteroatoms. The molecule has 3 aliphatic rings. The number of nitrogens with one attached hydrogen (secondary N) is 1. The van der Waals surface area contributed by atoms with Crippen molar-refractivity contribution >= 4 is 18.0 Å². The van der Waals surface area contributed by atoms with E-state index in [0.717, 1.165) is 12.3 Å². The Morgan fingerprint density at radius 1 is 1.44 bits per heavy atom. The molecular weight excluding hydrogens is 206 g/mol. The minimum atomic E-state index is -1.09. The third-order valence-electron chi connectivity index (χ3n) is 3.51. The number of nitrogens with zero attached hydrogens (tertiary/aromatic N) is 2. The van der Waals surface area contributed by atoms with Gasteiger partial charge in [-0.05, 0) is 44.4 Å². The zero-order chi connectivity index (χ0) is 11.5. The van der Waals surface area contributed by atoms with Gasteiger partial charge in [-0.25, -0.2) is 9.79 Å². The van der Waals surface area contributed by atoms with Crippen LogP contribution in [0.25, 0.3) is 0 Å². The first-order chi connectivity index (χ1) is 7.70. The third-order valence-corrected chi connectivity index (χ3v) is 3.51. The fourth-order valence-corrected chi connectivity index (χ4v) is 2.57. The molecule has 2 bridgehead atoms. The number of hydrazone groups is 1. The minimum absolute atomic E-state index is 0.163. The van der Waals surface area contributed by atoms with Gasteiger partial charge in [-0.2, -0.15) is 5.10 Å². The van der Waals surface area contributed by atoms with Crippen molar-refractivity contribution in [3.05, 3.63) is 0 Å². The molecule has 0 unspecified atom stereocenters. The highest BCUT2D eigenvalue weighted by atomic mass is 16.4. The predicted octanol–water partition coefficient (Wildman–Crippen LogP) is 1.25. The second kappa shape index (κ2) is 4.63. The van der Waals surface area contributed by atoms with Crippen LogP contribution in [0.3, 0.4) is 0 Å². The van der Waals surface area contributed by atoms with E-state index in [9.17, 15) is 4.79 Å². The van der Waals surface area contributed by atoms with E-state index >= 15 is 0 Å². The molecule has 0 saturated heterocycles. The van der Waals surface area contributed by atoms with Gasteiger partial charge in [0.05, 0.1) is 0 Å². The third kappa shape index (κ3) is 2.23. The Kier molecular flexibility index (Phi) is 3.22. The summed E-state index contributed by atoms with van der Waals surface area (Å²) >= 11 is 0. The van der Waals surface area contributed by atoms with E-state index in [-0.39, 0.29) is 5.84 Å². The molecule has 0 spiro atoms. The van der Waals surface area contributed by atoms with Crippen molar-refractivity contribution in [2.75, 3.05) is 0 Å². The number of aliphatic carboxylic acids is 1. The van der Waals surface area contributed by atoms with Crippen LogP contribution >= 0.6 is 0 Å². The Morgan fingerprint density at radius 3 is 2.69 bits per heavy atom. The average Bonchev–Trinajstić information content (AvgIpc) is 2.23. The van der Waals surface area contributed by atoms with Gasteiger partial charge in [-0.1, -0.05) is 0 Å². The van der Waals surface area contributed by atoms with Crippen LogP contribution in [0.15, 0.2) is 10.1 Å². The Labute approximate surface area is 94.6 Å². The molecule has 16 heavy (non-hydrogen) atoms. The maximum Gasteiger partial charge on any atom is 0.375 e. The van der Waals surface area contributed by atoms with Gasteiger partial charge in [0.1, 0.15) is 0 Å². The monoisotopic (exact) mass is 223 g/mol. The van der Waals surface area contributed by atoms with Crippen LogP contribution in [0.5, 0.6) is 0 Å². The van der Waals surface area contributed by atoms with Gasteiger partial charge in [0.2, 0.25) is 0 Å². The van der Waals surface area contributed by atoms with E-state index in [1.165, 1.54) is 25.5 Å².